The molecule has 0 saturated heterocycles. The van der Waals surface area contributed by atoms with Crippen molar-refractivity contribution in [3.8, 4) is 22.6 Å². The summed E-state index contributed by atoms with van der Waals surface area (Å²) in [7, 11) is 0. The van der Waals surface area contributed by atoms with Gasteiger partial charge in [0.15, 0.2) is 0 Å². The van der Waals surface area contributed by atoms with Crippen LogP contribution >= 0.6 is 11.8 Å². The van der Waals surface area contributed by atoms with Gasteiger partial charge in [0.25, 0.3) is 0 Å². The van der Waals surface area contributed by atoms with Crippen molar-refractivity contribution in [3.05, 3.63) is 76.8 Å². The molecule has 0 amide bonds. The number of hydrogen-bond acceptors (Lipinski definition) is 5. The zero-order valence-corrected chi connectivity index (χ0v) is 14.3. The predicted molar refractivity (Wildman–Crippen MR) is 101 cm³/mol. The molecule has 126 valence electrons. The monoisotopic (exact) mass is 352 g/mol. The Morgan fingerprint density at radius 3 is 2.32 bits per heavy atom. The lowest BCUT2D eigenvalue weighted by Crippen LogP contribution is -1.99. The summed E-state index contributed by atoms with van der Waals surface area (Å²) >= 11 is 1.24. The average Bonchev–Trinajstić information content (AvgIpc) is 2.63. The van der Waals surface area contributed by atoms with Crippen molar-refractivity contribution in [3.63, 3.8) is 0 Å². The molecule has 3 aromatic carbocycles. The van der Waals surface area contributed by atoms with Gasteiger partial charge in [0.05, 0.1) is 4.92 Å². The summed E-state index contributed by atoms with van der Waals surface area (Å²) in [5.41, 5.74) is 7.69. The SMILES string of the molecule is CSc1c(Oc2ccccc2-c2ccccc2)ccc(N)c1[N+](=O)[O-]. The van der Waals surface area contributed by atoms with E-state index in [9.17, 15) is 10.1 Å². The van der Waals surface area contributed by atoms with E-state index in [1.54, 1.807) is 12.3 Å². The number of rotatable bonds is 5. The van der Waals surface area contributed by atoms with Crippen LogP contribution in [0.15, 0.2) is 71.6 Å². The molecule has 0 fully saturated rings. The van der Waals surface area contributed by atoms with Gasteiger partial charge in [-0.15, -0.1) is 11.8 Å². The van der Waals surface area contributed by atoms with Crippen molar-refractivity contribution in [1.82, 2.24) is 0 Å². The van der Waals surface area contributed by atoms with Crippen LogP contribution in [0.3, 0.4) is 0 Å². The van der Waals surface area contributed by atoms with Crippen LogP contribution in [0.5, 0.6) is 11.5 Å². The van der Waals surface area contributed by atoms with Crippen LogP contribution in [-0.2, 0) is 0 Å². The molecule has 0 bridgehead atoms. The fraction of sp³-hybridized carbons (Fsp3) is 0.0526. The standard InChI is InChI=1S/C19H16N2O3S/c1-25-19-17(12-11-15(20)18(19)21(22)23)24-16-10-6-5-9-14(16)13-7-3-2-4-8-13/h2-12H,20H2,1H3. The highest BCUT2D eigenvalue weighted by molar-refractivity contribution is 7.98. The molecule has 0 heterocycles. The van der Waals surface area contributed by atoms with E-state index in [1.165, 1.54) is 17.8 Å². The van der Waals surface area contributed by atoms with Crippen LogP contribution in [0.2, 0.25) is 0 Å². The van der Waals surface area contributed by atoms with E-state index >= 15 is 0 Å². The third kappa shape index (κ3) is 3.44. The van der Waals surface area contributed by atoms with Crippen molar-refractivity contribution >= 4 is 23.1 Å². The van der Waals surface area contributed by atoms with E-state index in [1.807, 2.05) is 54.6 Å². The maximum atomic E-state index is 11.4. The first-order chi connectivity index (χ1) is 12.1. The molecule has 0 aliphatic rings. The molecule has 3 aromatic rings. The van der Waals surface area contributed by atoms with Crippen molar-refractivity contribution in [2.24, 2.45) is 0 Å². The van der Waals surface area contributed by atoms with Crippen molar-refractivity contribution in [2.75, 3.05) is 12.0 Å². The Balaban J connectivity index is 2.08. The number of ether oxygens (including phenoxy) is 1. The number of thioether (sulfide) groups is 1. The second-order valence-corrected chi connectivity index (χ2v) is 6.07. The van der Waals surface area contributed by atoms with E-state index in [0.29, 0.717) is 16.4 Å². The molecular formula is C19H16N2O3S. The lowest BCUT2D eigenvalue weighted by molar-refractivity contribution is -0.386. The normalized spacial score (nSPS) is 10.4. The lowest BCUT2D eigenvalue weighted by atomic mass is 10.0. The zero-order chi connectivity index (χ0) is 17.8. The Kier molecular flexibility index (Phi) is 4.90. The van der Waals surface area contributed by atoms with Crippen molar-refractivity contribution in [1.29, 1.82) is 0 Å². The van der Waals surface area contributed by atoms with E-state index in [4.69, 9.17) is 10.5 Å². The fourth-order valence-electron chi connectivity index (χ4n) is 2.56. The second kappa shape index (κ2) is 7.27. The quantitative estimate of drug-likeness (QED) is 0.289. The number of nitro groups is 1. The summed E-state index contributed by atoms with van der Waals surface area (Å²) in [5.74, 6) is 1.04. The number of anilines is 1. The lowest BCUT2D eigenvalue weighted by Gasteiger charge is -2.14. The highest BCUT2D eigenvalue weighted by Gasteiger charge is 2.23. The number of nitro benzene ring substituents is 1. The first-order valence-corrected chi connectivity index (χ1v) is 8.77. The summed E-state index contributed by atoms with van der Waals surface area (Å²) in [6.45, 7) is 0. The maximum absolute atomic E-state index is 11.4. The Bertz CT molecular complexity index is 914. The highest BCUT2D eigenvalue weighted by Crippen LogP contribution is 2.43. The summed E-state index contributed by atoms with van der Waals surface area (Å²) in [4.78, 5) is 11.3. The van der Waals surface area contributed by atoms with Crippen LogP contribution < -0.4 is 10.5 Å². The highest BCUT2D eigenvalue weighted by atomic mass is 32.2. The number of hydrogen-bond donors (Lipinski definition) is 1. The Morgan fingerprint density at radius 2 is 1.64 bits per heavy atom. The van der Waals surface area contributed by atoms with E-state index < -0.39 is 4.92 Å². The molecule has 0 aliphatic carbocycles. The number of para-hydroxylation sites is 1. The van der Waals surface area contributed by atoms with E-state index in [0.717, 1.165) is 11.1 Å². The molecule has 6 heteroatoms. The molecule has 5 nitrogen and oxygen atoms in total. The van der Waals surface area contributed by atoms with Crippen LogP contribution in [0.1, 0.15) is 0 Å². The largest absolute Gasteiger partial charge is 0.455 e. The van der Waals surface area contributed by atoms with Crippen LogP contribution in [0.4, 0.5) is 11.4 Å². The molecule has 0 atom stereocenters. The molecule has 3 rings (SSSR count). The molecule has 0 spiro atoms. The van der Waals surface area contributed by atoms with E-state index in [2.05, 4.69) is 0 Å². The van der Waals surface area contributed by atoms with Gasteiger partial charge in [0.2, 0.25) is 0 Å². The van der Waals surface area contributed by atoms with E-state index in [-0.39, 0.29) is 11.4 Å². The minimum absolute atomic E-state index is 0.123. The summed E-state index contributed by atoms with van der Waals surface area (Å²) in [6, 6.07) is 20.6. The third-order valence-electron chi connectivity index (χ3n) is 3.71. The average molecular weight is 352 g/mol. The molecule has 25 heavy (non-hydrogen) atoms. The second-order valence-electron chi connectivity index (χ2n) is 5.26. The fourth-order valence-corrected chi connectivity index (χ4v) is 3.26. The van der Waals surface area contributed by atoms with Gasteiger partial charge >= 0.3 is 5.69 Å². The Hall–Kier alpha value is -2.99. The molecular weight excluding hydrogens is 336 g/mol. The molecule has 0 radical (unpaired) electrons. The molecule has 0 aromatic heterocycles. The minimum Gasteiger partial charge on any atom is -0.455 e. The first kappa shape index (κ1) is 16.9. The third-order valence-corrected chi connectivity index (χ3v) is 4.51. The van der Waals surface area contributed by atoms with Crippen LogP contribution in [0.25, 0.3) is 11.1 Å². The Morgan fingerprint density at radius 1 is 0.960 bits per heavy atom. The van der Waals surface area contributed by atoms with Crippen molar-refractivity contribution in [2.45, 2.75) is 4.90 Å². The van der Waals surface area contributed by atoms with Gasteiger partial charge in [-0.3, -0.25) is 10.1 Å². The van der Waals surface area contributed by atoms with Gasteiger partial charge in [-0.2, -0.15) is 0 Å². The molecule has 0 aliphatic heterocycles. The summed E-state index contributed by atoms with van der Waals surface area (Å²) < 4.78 is 6.05. The number of nitrogens with zero attached hydrogens (tertiary/aromatic N) is 1. The molecule has 2 N–H and O–H groups in total. The summed E-state index contributed by atoms with van der Waals surface area (Å²) in [5, 5.41) is 11.4. The topological polar surface area (TPSA) is 78.4 Å². The van der Waals surface area contributed by atoms with Crippen LogP contribution in [-0.4, -0.2) is 11.2 Å². The number of benzene rings is 3. The van der Waals surface area contributed by atoms with Gasteiger partial charge in [0.1, 0.15) is 22.1 Å². The zero-order valence-electron chi connectivity index (χ0n) is 13.5. The van der Waals surface area contributed by atoms with Gasteiger partial charge < -0.3 is 10.5 Å². The Labute approximate surface area is 149 Å². The number of nitrogen functional groups attached to an aromatic ring is 1. The summed E-state index contributed by atoms with van der Waals surface area (Å²) in [6.07, 6.45) is 1.76. The molecule has 0 unspecified atom stereocenters. The first-order valence-electron chi connectivity index (χ1n) is 7.55. The van der Waals surface area contributed by atoms with Gasteiger partial charge in [-0.25, -0.2) is 0 Å². The smallest absolute Gasteiger partial charge is 0.309 e. The van der Waals surface area contributed by atoms with Crippen molar-refractivity contribution < 1.29 is 9.66 Å². The van der Waals surface area contributed by atoms with Gasteiger partial charge in [-0.05, 0) is 30.0 Å². The predicted octanol–water partition coefficient (Wildman–Crippen LogP) is 5.36. The maximum Gasteiger partial charge on any atom is 0.309 e. The van der Waals surface area contributed by atoms with Gasteiger partial charge in [-0.1, -0.05) is 48.5 Å². The molecule has 0 saturated carbocycles. The van der Waals surface area contributed by atoms with Crippen LogP contribution in [0, 0.1) is 10.1 Å². The number of nitrogens with two attached hydrogens (primary N) is 1. The van der Waals surface area contributed by atoms with Gasteiger partial charge in [0, 0.05) is 5.56 Å². The minimum atomic E-state index is -0.475.